The molecule has 27 heavy (non-hydrogen) atoms. The summed E-state index contributed by atoms with van der Waals surface area (Å²) in [5.41, 5.74) is 1.10. The van der Waals surface area contributed by atoms with Crippen LogP contribution in [0.5, 0.6) is 0 Å². The molecule has 7 nitrogen and oxygen atoms in total. The molecule has 1 amide bonds. The second-order valence-corrected chi connectivity index (χ2v) is 9.20. The fourth-order valence-electron chi connectivity index (χ4n) is 3.11. The second-order valence-electron chi connectivity index (χ2n) is 7.89. The molecule has 3 rings (SSSR count). The smallest absolute Gasteiger partial charge is 0.235 e. The number of tetrazole rings is 1. The van der Waals surface area contributed by atoms with E-state index in [1.165, 1.54) is 17.3 Å². The molecule has 2 aromatic rings. The van der Waals surface area contributed by atoms with Crippen LogP contribution in [-0.2, 0) is 16.9 Å². The number of carbonyl (C=O) groups excluding carboxylic acids is 1. The van der Waals surface area contributed by atoms with E-state index in [1.54, 1.807) is 4.68 Å². The third-order valence-electron chi connectivity index (χ3n) is 4.64. The van der Waals surface area contributed by atoms with Gasteiger partial charge in [0.2, 0.25) is 11.1 Å². The summed E-state index contributed by atoms with van der Waals surface area (Å²) in [6.45, 7) is 12.3. The van der Waals surface area contributed by atoms with Gasteiger partial charge in [-0.2, -0.15) is 0 Å². The summed E-state index contributed by atoms with van der Waals surface area (Å²) in [5, 5.41) is 12.4. The van der Waals surface area contributed by atoms with Crippen molar-refractivity contribution in [2.75, 3.05) is 26.2 Å². The molecule has 2 heterocycles. The maximum atomic E-state index is 12.9. The van der Waals surface area contributed by atoms with Crippen LogP contribution >= 0.6 is 11.8 Å². The number of hydrogen-bond acceptors (Lipinski definition) is 6. The lowest BCUT2D eigenvalue weighted by molar-refractivity contribution is -0.132. The highest BCUT2D eigenvalue weighted by atomic mass is 32.2. The lowest BCUT2D eigenvalue weighted by Crippen LogP contribution is -2.50. The zero-order valence-electron chi connectivity index (χ0n) is 16.5. The monoisotopic (exact) mass is 388 g/mol. The largest absolute Gasteiger partial charge is 0.339 e. The van der Waals surface area contributed by atoms with Gasteiger partial charge in [0.15, 0.2) is 0 Å². The third-order valence-corrected chi connectivity index (χ3v) is 5.66. The maximum Gasteiger partial charge on any atom is 0.235 e. The van der Waals surface area contributed by atoms with E-state index in [-0.39, 0.29) is 16.7 Å². The molecule has 1 aliphatic rings. The number of benzene rings is 1. The fraction of sp³-hybridized carbons (Fsp3) is 0.579. The molecule has 0 N–H and O–H groups in total. The van der Waals surface area contributed by atoms with Gasteiger partial charge in [-0.05, 0) is 43.7 Å². The van der Waals surface area contributed by atoms with Crippen molar-refractivity contribution in [2.45, 2.75) is 50.2 Å². The number of aromatic nitrogens is 4. The third kappa shape index (κ3) is 5.07. The summed E-state index contributed by atoms with van der Waals surface area (Å²) in [6.07, 6.45) is 0. The first kappa shape index (κ1) is 19.8. The highest BCUT2D eigenvalue weighted by Crippen LogP contribution is 2.26. The Labute approximate surface area is 165 Å². The highest BCUT2D eigenvalue weighted by Gasteiger charge is 2.28. The first-order chi connectivity index (χ1) is 12.8. The number of nitrogens with zero attached hydrogens (tertiary/aromatic N) is 6. The van der Waals surface area contributed by atoms with Crippen LogP contribution < -0.4 is 0 Å². The van der Waals surface area contributed by atoms with E-state index >= 15 is 0 Å². The molecule has 1 aromatic heterocycles. The number of rotatable bonds is 5. The van der Waals surface area contributed by atoms with Crippen molar-refractivity contribution in [3.63, 3.8) is 0 Å². The Morgan fingerprint density at radius 1 is 1.15 bits per heavy atom. The molecule has 0 spiro atoms. The first-order valence-corrected chi connectivity index (χ1v) is 10.2. The number of hydrogen-bond donors (Lipinski definition) is 0. The molecule has 0 aliphatic carbocycles. The van der Waals surface area contributed by atoms with Gasteiger partial charge in [0.1, 0.15) is 0 Å². The molecule has 1 atom stereocenters. The standard InChI is InChI=1S/C19H28N6OS/c1-15(27-18-20-21-22-25(18)19(2,3)4)17(26)24-12-10-23(11-13-24)14-16-8-6-5-7-9-16/h5-9,15H,10-14H2,1-4H3. The molecule has 1 unspecified atom stereocenters. The zero-order valence-corrected chi connectivity index (χ0v) is 17.3. The van der Waals surface area contributed by atoms with Crippen LogP contribution in [0.15, 0.2) is 35.5 Å². The van der Waals surface area contributed by atoms with Crippen LogP contribution in [0.3, 0.4) is 0 Å². The Kier molecular flexibility index (Phi) is 6.16. The van der Waals surface area contributed by atoms with Crippen molar-refractivity contribution >= 4 is 17.7 Å². The Balaban J connectivity index is 1.52. The summed E-state index contributed by atoms with van der Waals surface area (Å²) in [6, 6.07) is 10.5. The summed E-state index contributed by atoms with van der Waals surface area (Å²) < 4.78 is 1.78. The van der Waals surface area contributed by atoms with E-state index in [1.807, 2.05) is 38.7 Å². The molecule has 1 fully saturated rings. The van der Waals surface area contributed by atoms with Gasteiger partial charge in [0.05, 0.1) is 10.8 Å². The average Bonchev–Trinajstić information content (AvgIpc) is 3.11. The number of amides is 1. The predicted octanol–water partition coefficient (Wildman–Crippen LogP) is 2.25. The maximum absolute atomic E-state index is 12.9. The molecule has 1 saturated heterocycles. The van der Waals surface area contributed by atoms with Crippen LogP contribution in [0.25, 0.3) is 0 Å². The first-order valence-electron chi connectivity index (χ1n) is 9.35. The molecule has 0 bridgehead atoms. The Morgan fingerprint density at radius 2 is 1.81 bits per heavy atom. The van der Waals surface area contributed by atoms with Crippen LogP contribution in [0.2, 0.25) is 0 Å². The van der Waals surface area contributed by atoms with Gasteiger partial charge in [-0.25, -0.2) is 4.68 Å². The van der Waals surface area contributed by atoms with Crippen LogP contribution in [-0.4, -0.2) is 67.3 Å². The van der Waals surface area contributed by atoms with Crippen LogP contribution in [0.1, 0.15) is 33.3 Å². The topological polar surface area (TPSA) is 67.2 Å². The van der Waals surface area contributed by atoms with E-state index in [0.29, 0.717) is 5.16 Å². The number of piperazine rings is 1. The molecule has 146 valence electrons. The van der Waals surface area contributed by atoms with E-state index in [9.17, 15) is 4.79 Å². The van der Waals surface area contributed by atoms with E-state index in [4.69, 9.17) is 0 Å². The minimum Gasteiger partial charge on any atom is -0.339 e. The molecule has 1 aliphatic heterocycles. The van der Waals surface area contributed by atoms with Crippen molar-refractivity contribution in [3.8, 4) is 0 Å². The number of thioether (sulfide) groups is 1. The SMILES string of the molecule is CC(Sc1nnnn1C(C)(C)C)C(=O)N1CCN(Cc2ccccc2)CC1. The normalized spacial score (nSPS) is 17.1. The Hall–Kier alpha value is -1.93. The molecular formula is C19H28N6OS. The fourth-order valence-corrected chi connectivity index (χ4v) is 4.17. The van der Waals surface area contributed by atoms with Crippen molar-refractivity contribution in [1.29, 1.82) is 0 Å². The number of carbonyl (C=O) groups is 1. The molecule has 0 radical (unpaired) electrons. The quantitative estimate of drug-likeness (QED) is 0.732. The molecular weight excluding hydrogens is 360 g/mol. The van der Waals surface area contributed by atoms with Gasteiger partial charge >= 0.3 is 0 Å². The Morgan fingerprint density at radius 3 is 2.44 bits per heavy atom. The Bertz CT molecular complexity index is 749. The summed E-state index contributed by atoms with van der Waals surface area (Å²) in [5.74, 6) is 0.155. The van der Waals surface area contributed by atoms with Gasteiger partial charge < -0.3 is 4.90 Å². The minimum atomic E-state index is -0.211. The molecule has 8 heteroatoms. The lowest BCUT2D eigenvalue weighted by Gasteiger charge is -2.35. The van der Waals surface area contributed by atoms with Crippen molar-refractivity contribution in [2.24, 2.45) is 0 Å². The van der Waals surface area contributed by atoms with Gasteiger partial charge in [0, 0.05) is 32.7 Å². The van der Waals surface area contributed by atoms with Crippen molar-refractivity contribution in [3.05, 3.63) is 35.9 Å². The van der Waals surface area contributed by atoms with Crippen molar-refractivity contribution < 1.29 is 4.79 Å². The second kappa shape index (κ2) is 8.39. The van der Waals surface area contributed by atoms with Gasteiger partial charge in [-0.3, -0.25) is 9.69 Å². The van der Waals surface area contributed by atoms with Crippen molar-refractivity contribution in [1.82, 2.24) is 30.0 Å². The summed E-state index contributed by atoms with van der Waals surface area (Å²) in [7, 11) is 0. The van der Waals surface area contributed by atoms with Gasteiger partial charge in [-0.15, -0.1) is 5.10 Å². The molecule has 1 aromatic carbocycles. The van der Waals surface area contributed by atoms with Crippen LogP contribution in [0.4, 0.5) is 0 Å². The minimum absolute atomic E-state index is 0.155. The lowest BCUT2D eigenvalue weighted by atomic mass is 10.1. The summed E-state index contributed by atoms with van der Waals surface area (Å²) >= 11 is 1.43. The van der Waals surface area contributed by atoms with Gasteiger partial charge in [0.25, 0.3) is 0 Å². The van der Waals surface area contributed by atoms with E-state index in [0.717, 1.165) is 32.7 Å². The highest BCUT2D eigenvalue weighted by molar-refractivity contribution is 8.00. The van der Waals surface area contributed by atoms with Gasteiger partial charge in [-0.1, -0.05) is 42.1 Å². The average molecular weight is 389 g/mol. The predicted molar refractivity (Wildman–Crippen MR) is 106 cm³/mol. The summed E-state index contributed by atoms with van der Waals surface area (Å²) in [4.78, 5) is 17.2. The zero-order chi connectivity index (χ0) is 19.4. The van der Waals surface area contributed by atoms with Crippen LogP contribution in [0, 0.1) is 0 Å². The van der Waals surface area contributed by atoms with E-state index < -0.39 is 0 Å². The molecule has 0 saturated carbocycles. The van der Waals surface area contributed by atoms with E-state index in [2.05, 4.69) is 44.7 Å².